The zero-order chi connectivity index (χ0) is 20.6. The number of halogens is 1. The summed E-state index contributed by atoms with van der Waals surface area (Å²) in [5.41, 5.74) is 1.62. The average molecular weight is 419 g/mol. The second-order valence-electron chi connectivity index (χ2n) is 7.39. The van der Waals surface area contributed by atoms with E-state index in [-0.39, 0.29) is 11.8 Å². The molecule has 0 aliphatic carbocycles. The SMILES string of the molecule is COc1ccc(Cl)cc1NC(=O)CCC1CCCN(C(=O)CCc2cn[nH]c2)C1. The molecule has 7 nitrogen and oxygen atoms in total. The molecule has 1 fully saturated rings. The lowest BCUT2D eigenvalue weighted by Crippen LogP contribution is -2.40. The van der Waals surface area contributed by atoms with Crippen LogP contribution >= 0.6 is 11.6 Å². The van der Waals surface area contributed by atoms with Gasteiger partial charge >= 0.3 is 0 Å². The third kappa shape index (κ3) is 6.22. The van der Waals surface area contributed by atoms with Gasteiger partial charge in [0.15, 0.2) is 0 Å². The number of benzene rings is 1. The summed E-state index contributed by atoms with van der Waals surface area (Å²) in [6, 6.07) is 5.13. The third-order valence-electron chi connectivity index (χ3n) is 5.27. The standard InChI is InChI=1S/C21H27ClN4O3/c1-29-19-7-6-17(22)11-18(19)25-20(27)8-4-15-3-2-10-26(14-15)21(28)9-5-16-12-23-24-13-16/h6-7,11-13,15H,2-5,8-10,14H2,1H3,(H,23,24)(H,25,27). The molecule has 2 amide bonds. The number of anilines is 1. The van der Waals surface area contributed by atoms with Crippen LogP contribution in [0.2, 0.25) is 5.02 Å². The van der Waals surface area contributed by atoms with Crippen LogP contribution in [0.3, 0.4) is 0 Å². The number of likely N-dealkylation sites (tertiary alicyclic amines) is 1. The Kier molecular flexibility index (Phi) is 7.52. The Morgan fingerprint density at radius 1 is 1.38 bits per heavy atom. The van der Waals surface area contributed by atoms with Gasteiger partial charge in [0, 0.05) is 37.2 Å². The van der Waals surface area contributed by atoms with Crippen LogP contribution in [-0.2, 0) is 16.0 Å². The summed E-state index contributed by atoms with van der Waals surface area (Å²) in [7, 11) is 1.55. The molecule has 156 valence electrons. The molecule has 0 spiro atoms. The van der Waals surface area contributed by atoms with Crippen LogP contribution in [0.15, 0.2) is 30.6 Å². The van der Waals surface area contributed by atoms with E-state index in [1.54, 1.807) is 31.5 Å². The molecule has 8 heteroatoms. The van der Waals surface area contributed by atoms with Crippen LogP contribution in [0.25, 0.3) is 0 Å². The predicted octanol–water partition coefficient (Wildman–Crippen LogP) is 3.66. The second-order valence-corrected chi connectivity index (χ2v) is 7.82. The van der Waals surface area contributed by atoms with E-state index < -0.39 is 0 Å². The maximum Gasteiger partial charge on any atom is 0.224 e. The first-order valence-corrected chi connectivity index (χ1v) is 10.3. The highest BCUT2D eigenvalue weighted by Crippen LogP contribution is 2.28. The van der Waals surface area contributed by atoms with Crippen LogP contribution in [0, 0.1) is 5.92 Å². The summed E-state index contributed by atoms with van der Waals surface area (Å²) in [6.07, 6.45) is 7.92. The van der Waals surface area contributed by atoms with Gasteiger partial charge in [-0.3, -0.25) is 14.7 Å². The van der Waals surface area contributed by atoms with E-state index in [1.807, 2.05) is 11.1 Å². The number of hydrogen-bond donors (Lipinski definition) is 2. The van der Waals surface area contributed by atoms with E-state index in [4.69, 9.17) is 16.3 Å². The van der Waals surface area contributed by atoms with Crippen molar-refractivity contribution in [2.45, 2.75) is 38.5 Å². The predicted molar refractivity (Wildman–Crippen MR) is 112 cm³/mol. The van der Waals surface area contributed by atoms with E-state index in [2.05, 4.69) is 15.5 Å². The molecular weight excluding hydrogens is 392 g/mol. The summed E-state index contributed by atoms with van der Waals surface area (Å²) in [6.45, 7) is 1.52. The van der Waals surface area contributed by atoms with E-state index in [0.717, 1.165) is 37.9 Å². The van der Waals surface area contributed by atoms with Crippen molar-refractivity contribution in [2.24, 2.45) is 5.92 Å². The lowest BCUT2D eigenvalue weighted by Gasteiger charge is -2.33. The largest absolute Gasteiger partial charge is 0.495 e. The van der Waals surface area contributed by atoms with Gasteiger partial charge in [-0.2, -0.15) is 5.10 Å². The topological polar surface area (TPSA) is 87.3 Å². The number of carbonyl (C=O) groups excluding carboxylic acids is 2. The number of ether oxygens (including phenoxy) is 1. The third-order valence-corrected chi connectivity index (χ3v) is 5.50. The van der Waals surface area contributed by atoms with Crippen LogP contribution in [0.1, 0.15) is 37.7 Å². The lowest BCUT2D eigenvalue weighted by molar-refractivity contribution is -0.133. The number of methoxy groups -OCH3 is 1. The molecule has 2 heterocycles. The molecule has 1 atom stereocenters. The number of aryl methyl sites for hydroxylation is 1. The summed E-state index contributed by atoms with van der Waals surface area (Å²) in [5.74, 6) is 1.02. The number of nitrogens with zero attached hydrogens (tertiary/aromatic N) is 2. The summed E-state index contributed by atoms with van der Waals surface area (Å²) in [5, 5.41) is 10.1. The highest BCUT2D eigenvalue weighted by Gasteiger charge is 2.24. The molecule has 1 unspecified atom stereocenters. The van der Waals surface area contributed by atoms with Crippen LogP contribution in [-0.4, -0.2) is 47.1 Å². The van der Waals surface area contributed by atoms with E-state index in [1.165, 1.54) is 0 Å². The molecule has 0 radical (unpaired) electrons. The fourth-order valence-corrected chi connectivity index (χ4v) is 3.85. The average Bonchev–Trinajstić information content (AvgIpc) is 3.24. The Balaban J connectivity index is 1.44. The lowest BCUT2D eigenvalue weighted by atomic mass is 9.93. The molecule has 2 N–H and O–H groups in total. The van der Waals surface area contributed by atoms with Crippen molar-refractivity contribution < 1.29 is 14.3 Å². The Labute approximate surface area is 175 Å². The molecule has 0 saturated carbocycles. The minimum absolute atomic E-state index is 0.0750. The minimum atomic E-state index is -0.0750. The zero-order valence-electron chi connectivity index (χ0n) is 16.6. The molecule has 3 rings (SSSR count). The normalized spacial score (nSPS) is 16.5. The molecule has 29 heavy (non-hydrogen) atoms. The van der Waals surface area contributed by atoms with Gasteiger partial charge in [-0.1, -0.05) is 11.6 Å². The Hall–Kier alpha value is -2.54. The number of hydrogen-bond acceptors (Lipinski definition) is 4. The number of nitrogens with one attached hydrogen (secondary N) is 2. The summed E-state index contributed by atoms with van der Waals surface area (Å²) < 4.78 is 5.26. The van der Waals surface area contributed by atoms with Crippen molar-refractivity contribution in [1.82, 2.24) is 15.1 Å². The number of H-pyrrole nitrogens is 1. The molecular formula is C21H27ClN4O3. The summed E-state index contributed by atoms with van der Waals surface area (Å²) >= 11 is 6.01. The van der Waals surface area contributed by atoms with Gasteiger partial charge in [-0.25, -0.2) is 0 Å². The maximum absolute atomic E-state index is 12.5. The zero-order valence-corrected chi connectivity index (χ0v) is 17.4. The van der Waals surface area contributed by atoms with Crippen molar-refractivity contribution in [2.75, 3.05) is 25.5 Å². The Bertz CT molecular complexity index is 825. The second kappa shape index (κ2) is 10.3. The first-order chi connectivity index (χ1) is 14.0. The smallest absolute Gasteiger partial charge is 0.224 e. The van der Waals surface area contributed by atoms with E-state index >= 15 is 0 Å². The van der Waals surface area contributed by atoms with E-state index in [0.29, 0.717) is 41.6 Å². The number of aromatic nitrogens is 2. The molecule has 1 aromatic carbocycles. The van der Waals surface area contributed by atoms with Crippen molar-refractivity contribution >= 4 is 29.1 Å². The quantitative estimate of drug-likeness (QED) is 0.684. The molecule has 1 saturated heterocycles. The molecule has 1 aliphatic heterocycles. The van der Waals surface area contributed by atoms with Crippen molar-refractivity contribution in [3.8, 4) is 5.75 Å². The van der Waals surface area contributed by atoms with Gasteiger partial charge in [-0.05, 0) is 55.4 Å². The van der Waals surface area contributed by atoms with Gasteiger partial charge in [0.2, 0.25) is 11.8 Å². The number of aromatic amines is 1. The molecule has 1 aliphatic rings. The van der Waals surface area contributed by atoms with Crippen molar-refractivity contribution in [1.29, 1.82) is 0 Å². The van der Waals surface area contributed by atoms with Gasteiger partial charge in [0.1, 0.15) is 5.75 Å². The maximum atomic E-state index is 12.5. The Morgan fingerprint density at radius 2 is 2.24 bits per heavy atom. The van der Waals surface area contributed by atoms with Crippen molar-refractivity contribution in [3.63, 3.8) is 0 Å². The van der Waals surface area contributed by atoms with Crippen LogP contribution in [0.5, 0.6) is 5.75 Å². The highest BCUT2D eigenvalue weighted by atomic mass is 35.5. The number of piperidine rings is 1. The molecule has 1 aromatic heterocycles. The van der Waals surface area contributed by atoms with Crippen LogP contribution in [0.4, 0.5) is 5.69 Å². The number of amides is 2. The molecule has 2 aromatic rings. The molecule has 0 bridgehead atoms. The van der Waals surface area contributed by atoms with Gasteiger partial charge in [-0.15, -0.1) is 0 Å². The van der Waals surface area contributed by atoms with Gasteiger partial charge in [0.25, 0.3) is 0 Å². The van der Waals surface area contributed by atoms with E-state index in [9.17, 15) is 9.59 Å². The number of carbonyl (C=O) groups is 2. The van der Waals surface area contributed by atoms with Crippen LogP contribution < -0.4 is 10.1 Å². The fourth-order valence-electron chi connectivity index (χ4n) is 3.68. The fraction of sp³-hybridized carbons (Fsp3) is 0.476. The Morgan fingerprint density at radius 3 is 3.00 bits per heavy atom. The van der Waals surface area contributed by atoms with Gasteiger partial charge in [0.05, 0.1) is 19.0 Å². The minimum Gasteiger partial charge on any atom is -0.495 e. The summed E-state index contributed by atoms with van der Waals surface area (Å²) in [4.78, 5) is 26.8. The van der Waals surface area contributed by atoms with Crippen molar-refractivity contribution in [3.05, 3.63) is 41.2 Å². The first kappa shape index (κ1) is 21.2. The first-order valence-electron chi connectivity index (χ1n) is 9.94. The number of rotatable bonds is 8. The van der Waals surface area contributed by atoms with Gasteiger partial charge < -0.3 is 15.0 Å². The highest BCUT2D eigenvalue weighted by molar-refractivity contribution is 6.31. The monoisotopic (exact) mass is 418 g/mol.